The zero-order valence-electron chi connectivity index (χ0n) is 23.2. The van der Waals surface area contributed by atoms with Gasteiger partial charge in [-0.25, -0.2) is 18.6 Å². The molecule has 0 aliphatic heterocycles. The SMILES string of the molecule is CN(C(=O)OC(C)(C)C)c1cc(Nc2cccn(C3CC(F)(F)C3)c2=O)nc2c(C(=O)NC3CC[C@@H](O)C3)cnn12. The fourth-order valence-corrected chi connectivity index (χ4v) is 5.04. The lowest BCUT2D eigenvalue weighted by atomic mass is 9.88. The molecule has 0 aromatic carbocycles. The maximum absolute atomic E-state index is 13.5. The van der Waals surface area contributed by atoms with Crippen molar-refractivity contribution in [2.75, 3.05) is 17.3 Å². The first-order valence-corrected chi connectivity index (χ1v) is 13.4. The minimum absolute atomic E-state index is 0.0795. The second kappa shape index (κ2) is 10.4. The van der Waals surface area contributed by atoms with E-state index in [1.807, 2.05) is 0 Å². The molecule has 2 amide bonds. The van der Waals surface area contributed by atoms with Crippen molar-refractivity contribution in [1.29, 1.82) is 0 Å². The van der Waals surface area contributed by atoms with Crippen LogP contribution in [-0.2, 0) is 4.74 Å². The summed E-state index contributed by atoms with van der Waals surface area (Å²) in [5.41, 5.74) is -0.992. The number of aliphatic hydroxyl groups excluding tert-OH is 1. The molecule has 1 unspecified atom stereocenters. The van der Waals surface area contributed by atoms with Gasteiger partial charge in [-0.1, -0.05) is 0 Å². The summed E-state index contributed by atoms with van der Waals surface area (Å²) < 4.78 is 35.0. The van der Waals surface area contributed by atoms with E-state index in [1.165, 1.54) is 45.6 Å². The maximum atomic E-state index is 13.5. The average Bonchev–Trinajstić information content (AvgIpc) is 3.47. The Morgan fingerprint density at radius 3 is 2.61 bits per heavy atom. The Morgan fingerprint density at radius 1 is 1.24 bits per heavy atom. The quantitative estimate of drug-likeness (QED) is 0.406. The Kier molecular flexibility index (Phi) is 7.22. The van der Waals surface area contributed by atoms with Crippen molar-refractivity contribution < 1.29 is 28.2 Å². The standard InChI is InChI=1S/C27H33F2N7O5/c1-26(2,3)41-25(40)34(4)21-11-20(32-19-6-5-9-35(24(19)39)16-12-27(28,29)13-16)33-22-18(14-30-36(21)22)23(38)31-15-7-8-17(37)10-15/h5-6,9,11,14-17,37H,7-8,10,12-13H2,1-4H3,(H,31,38)(H,32,33)/t15?,17-/m1/s1. The molecule has 0 bridgehead atoms. The first-order valence-electron chi connectivity index (χ1n) is 13.4. The number of carbonyl (C=O) groups is 2. The van der Waals surface area contributed by atoms with Gasteiger partial charge in [0.15, 0.2) is 5.65 Å². The largest absolute Gasteiger partial charge is 0.443 e. The Morgan fingerprint density at radius 2 is 1.98 bits per heavy atom. The van der Waals surface area contributed by atoms with Crippen LogP contribution in [0.3, 0.4) is 0 Å². The van der Waals surface area contributed by atoms with Gasteiger partial charge in [0.2, 0.25) is 0 Å². The molecular weight excluding hydrogens is 540 g/mol. The van der Waals surface area contributed by atoms with Crippen molar-refractivity contribution >= 4 is 35.0 Å². The van der Waals surface area contributed by atoms with Gasteiger partial charge in [0.25, 0.3) is 17.4 Å². The third kappa shape index (κ3) is 6.01. The third-order valence-corrected chi connectivity index (χ3v) is 7.15. The molecule has 0 spiro atoms. The summed E-state index contributed by atoms with van der Waals surface area (Å²) in [6.07, 6.45) is 2.44. The maximum Gasteiger partial charge on any atom is 0.415 e. The highest BCUT2D eigenvalue weighted by Gasteiger charge is 2.46. The summed E-state index contributed by atoms with van der Waals surface area (Å²) in [7, 11) is 1.47. The van der Waals surface area contributed by atoms with E-state index >= 15 is 0 Å². The molecule has 0 saturated heterocycles. The number of rotatable bonds is 6. The van der Waals surface area contributed by atoms with Crippen molar-refractivity contribution in [3.63, 3.8) is 0 Å². The highest BCUT2D eigenvalue weighted by Crippen LogP contribution is 2.44. The molecule has 12 nitrogen and oxygen atoms in total. The van der Waals surface area contributed by atoms with Crippen molar-refractivity contribution in [3.05, 3.63) is 46.5 Å². The Balaban J connectivity index is 1.52. The van der Waals surface area contributed by atoms with Gasteiger partial charge >= 0.3 is 6.09 Å². The minimum atomic E-state index is -2.79. The van der Waals surface area contributed by atoms with Crippen LogP contribution in [0.4, 0.5) is 30.9 Å². The number of hydrogen-bond donors (Lipinski definition) is 3. The third-order valence-electron chi connectivity index (χ3n) is 7.15. The number of hydrogen-bond acceptors (Lipinski definition) is 8. The van der Waals surface area contributed by atoms with Gasteiger partial charge in [-0.05, 0) is 52.2 Å². The second-order valence-electron chi connectivity index (χ2n) is 11.6. The zero-order valence-corrected chi connectivity index (χ0v) is 23.2. The topological polar surface area (TPSA) is 143 Å². The van der Waals surface area contributed by atoms with Crippen LogP contribution >= 0.6 is 0 Å². The van der Waals surface area contributed by atoms with E-state index in [0.29, 0.717) is 19.3 Å². The Labute approximate surface area is 234 Å². The lowest BCUT2D eigenvalue weighted by molar-refractivity contribution is -0.104. The minimum Gasteiger partial charge on any atom is -0.443 e. The monoisotopic (exact) mass is 573 g/mol. The molecule has 2 saturated carbocycles. The Hall–Kier alpha value is -4.07. The summed E-state index contributed by atoms with van der Waals surface area (Å²) in [6, 6.07) is 3.70. The van der Waals surface area contributed by atoms with Gasteiger partial charge in [-0.15, -0.1) is 0 Å². The molecule has 0 radical (unpaired) electrons. The summed E-state index contributed by atoms with van der Waals surface area (Å²) in [5.74, 6) is -2.95. The van der Waals surface area contributed by atoms with Crippen LogP contribution in [0.25, 0.3) is 5.65 Å². The average molecular weight is 574 g/mol. The van der Waals surface area contributed by atoms with Gasteiger partial charge in [-0.2, -0.15) is 9.61 Å². The molecule has 3 N–H and O–H groups in total. The molecule has 2 aliphatic carbocycles. The summed E-state index contributed by atoms with van der Waals surface area (Å²) in [6.45, 7) is 5.17. The van der Waals surface area contributed by atoms with Crippen molar-refractivity contribution in [2.45, 2.75) is 82.6 Å². The van der Waals surface area contributed by atoms with E-state index in [9.17, 15) is 28.3 Å². The molecule has 2 fully saturated rings. The van der Waals surface area contributed by atoms with Gasteiger partial charge < -0.3 is 25.0 Å². The number of amides is 2. The van der Waals surface area contributed by atoms with E-state index in [4.69, 9.17) is 4.74 Å². The highest BCUT2D eigenvalue weighted by atomic mass is 19.3. The number of carbonyl (C=O) groups excluding carboxylic acids is 2. The normalized spacial score (nSPS) is 20.5. The fraction of sp³-hybridized carbons (Fsp3) is 0.519. The second-order valence-corrected chi connectivity index (χ2v) is 11.6. The number of anilines is 3. The van der Waals surface area contributed by atoms with Crippen molar-refractivity contribution in [2.24, 2.45) is 0 Å². The highest BCUT2D eigenvalue weighted by molar-refractivity contribution is 6.00. The van der Waals surface area contributed by atoms with E-state index < -0.39 is 54.1 Å². The lowest BCUT2D eigenvalue weighted by Crippen LogP contribution is -2.41. The van der Waals surface area contributed by atoms with Crippen LogP contribution in [-0.4, -0.2) is 67.0 Å². The van der Waals surface area contributed by atoms with E-state index in [0.717, 1.165) is 0 Å². The van der Waals surface area contributed by atoms with Gasteiger partial charge in [0, 0.05) is 44.2 Å². The van der Waals surface area contributed by atoms with Gasteiger partial charge in [0.05, 0.1) is 12.3 Å². The number of nitrogens with zero attached hydrogens (tertiary/aromatic N) is 5. The zero-order chi connectivity index (χ0) is 29.7. The number of aromatic nitrogens is 4. The van der Waals surface area contributed by atoms with Crippen LogP contribution in [0, 0.1) is 0 Å². The first kappa shape index (κ1) is 28.5. The fourth-order valence-electron chi connectivity index (χ4n) is 5.04. The predicted molar refractivity (Wildman–Crippen MR) is 146 cm³/mol. The van der Waals surface area contributed by atoms with Gasteiger partial charge in [0.1, 0.15) is 28.5 Å². The number of pyridine rings is 1. The predicted octanol–water partition coefficient (Wildman–Crippen LogP) is 3.62. The summed E-state index contributed by atoms with van der Waals surface area (Å²) >= 11 is 0. The number of ether oxygens (including phenoxy) is 1. The molecule has 14 heteroatoms. The number of alkyl halides is 2. The molecule has 2 atom stereocenters. The van der Waals surface area contributed by atoms with E-state index in [2.05, 4.69) is 20.7 Å². The molecule has 2 aliphatic rings. The van der Waals surface area contributed by atoms with Crippen LogP contribution in [0.5, 0.6) is 0 Å². The number of fused-ring (bicyclic) bond motifs is 1. The summed E-state index contributed by atoms with van der Waals surface area (Å²) in [4.78, 5) is 45.0. The molecule has 220 valence electrons. The van der Waals surface area contributed by atoms with Crippen molar-refractivity contribution in [1.82, 2.24) is 24.5 Å². The van der Waals surface area contributed by atoms with Crippen LogP contribution in [0.15, 0.2) is 35.4 Å². The molecule has 41 heavy (non-hydrogen) atoms. The summed E-state index contributed by atoms with van der Waals surface area (Å²) in [5, 5.41) is 20.0. The van der Waals surface area contributed by atoms with E-state index in [1.54, 1.807) is 26.8 Å². The molecular formula is C27H33F2N7O5. The van der Waals surface area contributed by atoms with Crippen LogP contribution in [0.1, 0.15) is 69.3 Å². The number of aliphatic hydroxyl groups is 1. The first-order chi connectivity index (χ1) is 19.2. The van der Waals surface area contributed by atoms with E-state index in [-0.39, 0.29) is 34.6 Å². The smallest absolute Gasteiger partial charge is 0.415 e. The van der Waals surface area contributed by atoms with Crippen LogP contribution in [0.2, 0.25) is 0 Å². The molecule has 3 aromatic heterocycles. The van der Waals surface area contributed by atoms with Crippen LogP contribution < -0.4 is 21.1 Å². The van der Waals surface area contributed by atoms with Crippen molar-refractivity contribution in [3.8, 4) is 0 Å². The number of nitrogens with one attached hydrogen (secondary N) is 2. The molecule has 5 rings (SSSR count). The molecule has 3 aromatic rings. The van der Waals surface area contributed by atoms with Gasteiger partial charge in [-0.3, -0.25) is 14.5 Å². The lowest BCUT2D eigenvalue weighted by Gasteiger charge is -2.36. The number of halogens is 2. The Bertz CT molecular complexity index is 1540. The molecule has 3 heterocycles.